The molecule has 0 saturated carbocycles. The molecule has 1 aromatic rings. The highest BCUT2D eigenvalue weighted by Gasteiger charge is 2.09. The van der Waals surface area contributed by atoms with Crippen LogP contribution in [0.2, 0.25) is 0 Å². The Hall–Kier alpha value is -0.840. The number of hydrogen-bond acceptors (Lipinski definition) is 3. The molecular formula is C11H21N3OS. The maximum absolute atomic E-state index is 11.1. The summed E-state index contributed by atoms with van der Waals surface area (Å²) < 4.78 is 13.2. The van der Waals surface area contributed by atoms with Gasteiger partial charge in [-0.25, -0.2) is 4.98 Å². The predicted octanol–water partition coefficient (Wildman–Crippen LogP) is 1.78. The van der Waals surface area contributed by atoms with Gasteiger partial charge >= 0.3 is 0 Å². The molecule has 92 valence electrons. The van der Waals surface area contributed by atoms with Gasteiger partial charge in [0.1, 0.15) is 0 Å². The monoisotopic (exact) mass is 243 g/mol. The minimum atomic E-state index is -0.772. The molecule has 2 unspecified atom stereocenters. The van der Waals surface area contributed by atoms with E-state index in [0.29, 0.717) is 5.75 Å². The normalized spacial score (nSPS) is 14.8. The molecule has 0 spiro atoms. The van der Waals surface area contributed by atoms with E-state index in [1.165, 1.54) is 0 Å². The van der Waals surface area contributed by atoms with Gasteiger partial charge in [-0.2, -0.15) is 0 Å². The maximum Gasteiger partial charge on any atom is 0.203 e. The minimum Gasteiger partial charge on any atom is -0.352 e. The molecule has 0 saturated heterocycles. The quantitative estimate of drug-likeness (QED) is 0.828. The number of aryl methyl sites for hydroxylation is 2. The Kier molecular flexibility index (Phi) is 4.99. The number of rotatable bonds is 6. The van der Waals surface area contributed by atoms with Crippen LogP contribution in [0.1, 0.15) is 26.0 Å². The zero-order valence-electron chi connectivity index (χ0n) is 10.5. The Morgan fingerprint density at radius 2 is 2.31 bits per heavy atom. The molecule has 0 aromatic carbocycles. The molecule has 5 heteroatoms. The van der Waals surface area contributed by atoms with E-state index in [1.807, 2.05) is 20.0 Å². The standard InChI is InChI=1S/C11H21N3OS/c1-5-6-14-7-9(2)12-11(14)13-10(3)8-16(4)15/h7,10H,5-6,8H2,1-4H3,(H,12,13). The van der Waals surface area contributed by atoms with Crippen molar-refractivity contribution in [2.24, 2.45) is 0 Å². The third-order valence-corrected chi connectivity index (χ3v) is 3.19. The Morgan fingerprint density at radius 3 is 2.88 bits per heavy atom. The molecule has 2 atom stereocenters. The summed E-state index contributed by atoms with van der Waals surface area (Å²) in [6.45, 7) is 7.12. The van der Waals surface area contributed by atoms with E-state index in [0.717, 1.165) is 24.6 Å². The number of nitrogens with one attached hydrogen (secondary N) is 1. The second kappa shape index (κ2) is 6.03. The lowest BCUT2D eigenvalue weighted by molar-refractivity contribution is 0.670. The number of anilines is 1. The van der Waals surface area contributed by atoms with Gasteiger partial charge in [-0.05, 0) is 20.3 Å². The van der Waals surface area contributed by atoms with Gasteiger partial charge < -0.3 is 9.88 Å². The van der Waals surface area contributed by atoms with Gasteiger partial charge in [0.2, 0.25) is 5.95 Å². The zero-order chi connectivity index (χ0) is 12.1. The number of aromatic nitrogens is 2. The molecule has 16 heavy (non-hydrogen) atoms. The Bertz CT molecular complexity index is 362. The SMILES string of the molecule is CCCn1cc(C)nc1NC(C)CS(C)=O. The van der Waals surface area contributed by atoms with Crippen LogP contribution in [-0.4, -0.2) is 31.8 Å². The van der Waals surface area contributed by atoms with E-state index in [-0.39, 0.29) is 6.04 Å². The lowest BCUT2D eigenvalue weighted by Gasteiger charge is -2.14. The van der Waals surface area contributed by atoms with Crippen LogP contribution in [0.3, 0.4) is 0 Å². The summed E-state index contributed by atoms with van der Waals surface area (Å²) in [6, 6.07) is 0.184. The first kappa shape index (κ1) is 13.2. The van der Waals surface area contributed by atoms with Gasteiger partial charge in [0.15, 0.2) is 0 Å². The van der Waals surface area contributed by atoms with Crippen LogP contribution in [0.25, 0.3) is 0 Å². The second-order valence-corrected chi connectivity index (χ2v) is 5.66. The van der Waals surface area contributed by atoms with Crippen molar-refractivity contribution in [2.45, 2.75) is 39.8 Å². The second-order valence-electron chi connectivity index (χ2n) is 4.18. The van der Waals surface area contributed by atoms with E-state index in [1.54, 1.807) is 6.26 Å². The molecule has 1 heterocycles. The van der Waals surface area contributed by atoms with E-state index < -0.39 is 10.8 Å². The Balaban J connectivity index is 2.67. The predicted molar refractivity (Wildman–Crippen MR) is 69.3 cm³/mol. The van der Waals surface area contributed by atoms with Crippen LogP contribution in [0.15, 0.2) is 6.20 Å². The Morgan fingerprint density at radius 1 is 1.62 bits per heavy atom. The highest BCUT2D eigenvalue weighted by Crippen LogP contribution is 2.10. The molecule has 0 aliphatic heterocycles. The largest absolute Gasteiger partial charge is 0.352 e. The minimum absolute atomic E-state index is 0.184. The van der Waals surface area contributed by atoms with Crippen molar-refractivity contribution in [3.8, 4) is 0 Å². The molecule has 1 rings (SSSR count). The molecule has 0 fully saturated rings. The van der Waals surface area contributed by atoms with Crippen LogP contribution in [0, 0.1) is 6.92 Å². The summed E-state index contributed by atoms with van der Waals surface area (Å²) in [6.07, 6.45) is 4.85. The number of nitrogens with zero attached hydrogens (tertiary/aromatic N) is 2. The van der Waals surface area contributed by atoms with Crippen LogP contribution in [0.5, 0.6) is 0 Å². The molecule has 0 amide bonds. The van der Waals surface area contributed by atoms with Crippen molar-refractivity contribution in [2.75, 3.05) is 17.3 Å². The number of imidazole rings is 1. The molecule has 4 nitrogen and oxygen atoms in total. The summed E-state index contributed by atoms with van der Waals surface area (Å²) in [4.78, 5) is 4.43. The van der Waals surface area contributed by atoms with Crippen LogP contribution in [0.4, 0.5) is 5.95 Å². The van der Waals surface area contributed by atoms with Crippen molar-refractivity contribution >= 4 is 16.7 Å². The van der Waals surface area contributed by atoms with E-state index in [2.05, 4.69) is 21.8 Å². The van der Waals surface area contributed by atoms with Crippen molar-refractivity contribution < 1.29 is 4.21 Å². The summed E-state index contributed by atoms with van der Waals surface area (Å²) in [7, 11) is -0.772. The summed E-state index contributed by atoms with van der Waals surface area (Å²) in [5.74, 6) is 1.54. The van der Waals surface area contributed by atoms with Crippen LogP contribution in [-0.2, 0) is 17.3 Å². The first-order valence-corrected chi connectivity index (χ1v) is 7.36. The molecule has 1 N–H and O–H groups in total. The van der Waals surface area contributed by atoms with Gasteiger partial charge in [-0.1, -0.05) is 6.92 Å². The summed E-state index contributed by atoms with van der Waals surface area (Å²) in [5, 5.41) is 3.31. The molecule has 0 bridgehead atoms. The van der Waals surface area contributed by atoms with Crippen molar-refractivity contribution in [1.82, 2.24) is 9.55 Å². The van der Waals surface area contributed by atoms with Crippen molar-refractivity contribution in [3.63, 3.8) is 0 Å². The molecule has 0 aliphatic rings. The van der Waals surface area contributed by atoms with Crippen molar-refractivity contribution in [3.05, 3.63) is 11.9 Å². The Labute approximate surface area is 99.9 Å². The smallest absolute Gasteiger partial charge is 0.203 e. The fraction of sp³-hybridized carbons (Fsp3) is 0.727. The molecular weight excluding hydrogens is 222 g/mol. The van der Waals surface area contributed by atoms with Crippen molar-refractivity contribution in [1.29, 1.82) is 0 Å². The third kappa shape index (κ3) is 3.96. The third-order valence-electron chi connectivity index (χ3n) is 2.22. The van der Waals surface area contributed by atoms with E-state index in [9.17, 15) is 4.21 Å². The zero-order valence-corrected chi connectivity index (χ0v) is 11.3. The van der Waals surface area contributed by atoms with Gasteiger partial charge in [0.25, 0.3) is 0 Å². The number of hydrogen-bond donors (Lipinski definition) is 1. The first-order valence-electron chi connectivity index (χ1n) is 5.63. The first-order chi connectivity index (χ1) is 7.52. The van der Waals surface area contributed by atoms with E-state index in [4.69, 9.17) is 0 Å². The van der Waals surface area contributed by atoms with Crippen LogP contribution >= 0.6 is 0 Å². The fourth-order valence-electron chi connectivity index (χ4n) is 1.69. The fourth-order valence-corrected chi connectivity index (χ4v) is 2.47. The van der Waals surface area contributed by atoms with Gasteiger partial charge in [0.05, 0.1) is 5.69 Å². The highest BCUT2D eigenvalue weighted by atomic mass is 32.2. The van der Waals surface area contributed by atoms with Gasteiger partial charge in [-0.15, -0.1) is 0 Å². The molecule has 1 aromatic heterocycles. The summed E-state index contributed by atoms with van der Waals surface area (Å²) >= 11 is 0. The average molecular weight is 243 g/mol. The van der Waals surface area contributed by atoms with E-state index >= 15 is 0 Å². The average Bonchev–Trinajstić information content (AvgIpc) is 2.45. The summed E-state index contributed by atoms with van der Waals surface area (Å²) in [5.41, 5.74) is 1.01. The maximum atomic E-state index is 11.1. The van der Waals surface area contributed by atoms with Crippen LogP contribution < -0.4 is 5.32 Å². The molecule has 0 radical (unpaired) electrons. The topological polar surface area (TPSA) is 46.9 Å². The highest BCUT2D eigenvalue weighted by molar-refractivity contribution is 7.84. The van der Waals surface area contributed by atoms with Gasteiger partial charge in [-0.3, -0.25) is 4.21 Å². The lowest BCUT2D eigenvalue weighted by Crippen LogP contribution is -2.24. The lowest BCUT2D eigenvalue weighted by atomic mass is 10.4. The molecule has 0 aliphatic carbocycles. The van der Waals surface area contributed by atoms with Gasteiger partial charge in [0, 0.05) is 41.6 Å².